The van der Waals surface area contributed by atoms with Gasteiger partial charge in [-0.15, -0.1) is 11.6 Å². The maximum atomic E-state index is 14.2. The van der Waals surface area contributed by atoms with Crippen LogP contribution in [0.1, 0.15) is 73.2 Å². The van der Waals surface area contributed by atoms with Crippen LogP contribution < -0.4 is 19.3 Å². The SMILES string of the molecule is C=CCOC(=O)N1c2cc(OCCCC(=O)N3C[C@@H](CCl)c4c3cc(O)c3ccccc43)c(OC)cc2C(=O)N2CCCCC2C1OC1CCCCO1. The lowest BCUT2D eigenvalue weighted by Gasteiger charge is -2.42. The van der Waals surface area contributed by atoms with Crippen molar-refractivity contribution in [2.45, 2.75) is 75.8 Å². The van der Waals surface area contributed by atoms with Crippen LogP contribution >= 0.6 is 11.6 Å². The summed E-state index contributed by atoms with van der Waals surface area (Å²) in [5.41, 5.74) is 2.18. The Hall–Kier alpha value is -4.52. The first-order valence-electron chi connectivity index (χ1n) is 18.4. The Labute approximate surface area is 314 Å². The number of aromatic hydroxyl groups is 1. The Balaban J connectivity index is 1.14. The number of methoxy groups -OCH3 is 1. The van der Waals surface area contributed by atoms with Gasteiger partial charge in [-0.3, -0.25) is 9.59 Å². The van der Waals surface area contributed by atoms with E-state index in [9.17, 15) is 19.5 Å². The Morgan fingerprint density at radius 3 is 2.62 bits per heavy atom. The summed E-state index contributed by atoms with van der Waals surface area (Å²) < 4.78 is 30.1. The van der Waals surface area contributed by atoms with Crippen LogP contribution in [-0.2, 0) is 19.0 Å². The average molecular weight is 748 g/mol. The molecule has 0 bridgehead atoms. The zero-order chi connectivity index (χ0) is 37.1. The molecule has 4 heterocycles. The summed E-state index contributed by atoms with van der Waals surface area (Å²) in [6.07, 6.45) is 4.77. The fraction of sp³-hybridized carbons (Fsp3) is 0.475. The number of piperidine rings is 1. The number of hydrogen-bond donors (Lipinski definition) is 1. The number of amides is 3. The van der Waals surface area contributed by atoms with E-state index in [1.54, 1.807) is 28.0 Å². The first-order chi connectivity index (χ1) is 25.8. The molecule has 282 valence electrons. The predicted octanol–water partition coefficient (Wildman–Crippen LogP) is 7.09. The normalized spacial score (nSPS) is 22.5. The van der Waals surface area contributed by atoms with Gasteiger partial charge >= 0.3 is 6.09 Å². The van der Waals surface area contributed by atoms with Crippen LogP contribution in [0, 0.1) is 0 Å². The molecule has 53 heavy (non-hydrogen) atoms. The molecule has 3 amide bonds. The van der Waals surface area contributed by atoms with Crippen LogP contribution in [0.4, 0.5) is 16.2 Å². The number of ether oxygens (including phenoxy) is 5. The van der Waals surface area contributed by atoms with E-state index in [0.717, 1.165) is 42.0 Å². The van der Waals surface area contributed by atoms with E-state index in [-0.39, 0.29) is 54.4 Å². The van der Waals surface area contributed by atoms with Gasteiger partial charge in [-0.25, -0.2) is 9.69 Å². The molecule has 0 spiro atoms. The first-order valence-corrected chi connectivity index (χ1v) is 19.0. The predicted molar refractivity (Wildman–Crippen MR) is 200 cm³/mol. The highest BCUT2D eigenvalue weighted by atomic mass is 35.5. The van der Waals surface area contributed by atoms with Gasteiger partial charge < -0.3 is 38.6 Å². The van der Waals surface area contributed by atoms with E-state index in [2.05, 4.69) is 6.58 Å². The molecule has 0 radical (unpaired) electrons. The van der Waals surface area contributed by atoms with Crippen molar-refractivity contribution in [1.82, 2.24) is 4.90 Å². The lowest BCUT2D eigenvalue weighted by Crippen LogP contribution is -2.57. The number of hydrogen-bond acceptors (Lipinski definition) is 9. The van der Waals surface area contributed by atoms with Crippen LogP contribution in [0.3, 0.4) is 0 Å². The molecule has 4 atom stereocenters. The number of carbonyl (C=O) groups excluding carboxylic acids is 3. The number of benzene rings is 3. The fourth-order valence-electron chi connectivity index (χ4n) is 8.02. The smallest absolute Gasteiger partial charge is 0.416 e. The van der Waals surface area contributed by atoms with Crippen molar-refractivity contribution < 1.29 is 43.2 Å². The Kier molecular flexibility index (Phi) is 11.3. The van der Waals surface area contributed by atoms with Gasteiger partial charge in [-0.05, 0) is 62.0 Å². The van der Waals surface area contributed by atoms with Crippen LogP contribution in [0.25, 0.3) is 10.8 Å². The second-order valence-electron chi connectivity index (χ2n) is 13.8. The Morgan fingerprint density at radius 1 is 1.06 bits per heavy atom. The molecule has 2 saturated heterocycles. The van der Waals surface area contributed by atoms with Crippen molar-refractivity contribution >= 4 is 51.7 Å². The summed E-state index contributed by atoms with van der Waals surface area (Å²) in [5, 5.41) is 12.4. The maximum Gasteiger partial charge on any atom is 0.416 e. The Bertz CT molecular complexity index is 1860. The molecule has 13 heteroatoms. The van der Waals surface area contributed by atoms with E-state index >= 15 is 0 Å². The van der Waals surface area contributed by atoms with Gasteiger partial charge in [0.2, 0.25) is 5.91 Å². The lowest BCUT2D eigenvalue weighted by molar-refractivity contribution is -0.198. The molecule has 0 aromatic heterocycles. The van der Waals surface area contributed by atoms with Crippen molar-refractivity contribution in [3.05, 3.63) is 66.2 Å². The summed E-state index contributed by atoms with van der Waals surface area (Å²) in [5.74, 6) is 0.639. The third-order valence-corrected chi connectivity index (χ3v) is 10.9. The van der Waals surface area contributed by atoms with E-state index in [0.29, 0.717) is 62.0 Å². The van der Waals surface area contributed by atoms with Gasteiger partial charge in [0.15, 0.2) is 24.0 Å². The molecule has 3 aromatic carbocycles. The molecule has 4 aliphatic heterocycles. The zero-order valence-electron chi connectivity index (χ0n) is 30.0. The van der Waals surface area contributed by atoms with E-state index in [1.807, 2.05) is 24.3 Å². The molecular weight excluding hydrogens is 702 g/mol. The maximum absolute atomic E-state index is 14.2. The average Bonchev–Trinajstić information content (AvgIpc) is 3.53. The molecule has 4 aliphatic rings. The van der Waals surface area contributed by atoms with Gasteiger partial charge in [-0.2, -0.15) is 0 Å². The van der Waals surface area contributed by atoms with Crippen molar-refractivity contribution in [3.63, 3.8) is 0 Å². The van der Waals surface area contributed by atoms with E-state index in [1.165, 1.54) is 18.1 Å². The molecule has 0 aliphatic carbocycles. The van der Waals surface area contributed by atoms with Crippen molar-refractivity contribution in [3.8, 4) is 17.2 Å². The fourth-order valence-corrected chi connectivity index (χ4v) is 8.27. The van der Waals surface area contributed by atoms with Crippen LogP contribution in [-0.4, -0.2) is 92.4 Å². The van der Waals surface area contributed by atoms with Gasteiger partial charge in [-0.1, -0.05) is 36.9 Å². The lowest BCUT2D eigenvalue weighted by atomic mass is 9.95. The molecule has 12 nitrogen and oxygen atoms in total. The summed E-state index contributed by atoms with van der Waals surface area (Å²) >= 11 is 6.38. The minimum Gasteiger partial charge on any atom is -0.507 e. The molecule has 3 aromatic rings. The van der Waals surface area contributed by atoms with Crippen LogP contribution in [0.2, 0.25) is 0 Å². The van der Waals surface area contributed by atoms with Crippen LogP contribution in [0.5, 0.6) is 17.2 Å². The number of fused-ring (bicyclic) bond motifs is 5. The van der Waals surface area contributed by atoms with Crippen molar-refractivity contribution in [1.29, 1.82) is 0 Å². The number of alkyl halides is 1. The number of phenols is 1. The highest BCUT2D eigenvalue weighted by Crippen LogP contribution is 2.46. The monoisotopic (exact) mass is 747 g/mol. The molecule has 3 unspecified atom stereocenters. The second kappa shape index (κ2) is 16.2. The van der Waals surface area contributed by atoms with Gasteiger partial charge in [0.25, 0.3) is 5.91 Å². The summed E-state index contributed by atoms with van der Waals surface area (Å²) in [4.78, 5) is 46.7. The topological polar surface area (TPSA) is 127 Å². The molecule has 7 rings (SSSR count). The summed E-state index contributed by atoms with van der Waals surface area (Å²) in [7, 11) is 1.49. The highest BCUT2D eigenvalue weighted by molar-refractivity contribution is 6.19. The number of rotatable bonds is 11. The third kappa shape index (κ3) is 7.24. The number of anilines is 2. The minimum absolute atomic E-state index is 0.0316. The molecule has 2 fully saturated rings. The van der Waals surface area contributed by atoms with E-state index < -0.39 is 24.7 Å². The quantitative estimate of drug-likeness (QED) is 0.124. The number of nitrogens with zero attached hydrogens (tertiary/aromatic N) is 3. The van der Waals surface area contributed by atoms with E-state index in [4.69, 9.17) is 35.3 Å². The minimum atomic E-state index is -0.878. The number of carbonyl (C=O) groups is 3. The molecular formula is C40H46ClN3O9. The first kappa shape index (κ1) is 36.8. The second-order valence-corrected chi connectivity index (χ2v) is 14.1. The van der Waals surface area contributed by atoms with Gasteiger partial charge in [0, 0.05) is 55.4 Å². The van der Waals surface area contributed by atoms with Gasteiger partial charge in [0.1, 0.15) is 12.4 Å². The van der Waals surface area contributed by atoms with Crippen molar-refractivity contribution in [2.24, 2.45) is 0 Å². The number of halogens is 1. The van der Waals surface area contributed by atoms with Crippen molar-refractivity contribution in [2.75, 3.05) is 55.7 Å². The zero-order valence-corrected chi connectivity index (χ0v) is 30.7. The highest BCUT2D eigenvalue weighted by Gasteiger charge is 2.47. The number of phenolic OH excluding ortho intramolecular Hbond substituents is 1. The van der Waals surface area contributed by atoms with Crippen LogP contribution in [0.15, 0.2) is 55.1 Å². The Morgan fingerprint density at radius 2 is 1.87 bits per heavy atom. The largest absolute Gasteiger partial charge is 0.507 e. The summed E-state index contributed by atoms with van der Waals surface area (Å²) in [6.45, 7) is 5.29. The molecule has 1 N–H and O–H groups in total. The summed E-state index contributed by atoms with van der Waals surface area (Å²) in [6, 6.07) is 12.0. The molecule has 0 saturated carbocycles. The third-order valence-electron chi connectivity index (χ3n) is 10.5. The standard InChI is InChI=1S/C40H46ClN3O9/c1-3-17-52-40(48)44-30-22-34(33(49-2)20-28(30)38(47)42-16-8-6-13-29(42)39(44)53-36-15-7-9-18-51-36)50-19-10-14-35(46)43-24-25(23-41)37-27-12-5-4-11-26(27)32(45)21-31(37)43/h3-5,11-12,20-22,25,29,36,39,45H,1,6-10,13-19,23-24H2,2H3/t25-,29?,36?,39?/m1/s1. The van der Waals surface area contributed by atoms with Gasteiger partial charge in [0.05, 0.1) is 36.7 Å².